The van der Waals surface area contributed by atoms with Crippen molar-refractivity contribution in [1.29, 1.82) is 0 Å². The second-order valence-electron chi connectivity index (χ2n) is 3.02. The summed E-state index contributed by atoms with van der Waals surface area (Å²) in [4.78, 5) is 0. The van der Waals surface area contributed by atoms with Crippen LogP contribution in [0.4, 0.5) is 0 Å². The molecule has 0 bridgehead atoms. The number of ether oxygens (including phenoxy) is 1. The van der Waals surface area contributed by atoms with Crippen LogP contribution in [0.2, 0.25) is 0 Å². The van der Waals surface area contributed by atoms with Gasteiger partial charge in [-0.2, -0.15) is 0 Å². The lowest BCUT2D eigenvalue weighted by Crippen LogP contribution is -2.53. The van der Waals surface area contributed by atoms with E-state index in [2.05, 4.69) is 5.32 Å². The lowest BCUT2D eigenvalue weighted by Gasteiger charge is -2.36. The van der Waals surface area contributed by atoms with E-state index in [9.17, 15) is 5.11 Å². The normalized spacial score (nSPS) is 41.7. The molecule has 60 valence electrons. The summed E-state index contributed by atoms with van der Waals surface area (Å²) in [5, 5.41) is 12.7. The van der Waals surface area contributed by atoms with Gasteiger partial charge in [-0.25, -0.2) is 0 Å². The number of hydrogen-bond donors (Lipinski definition) is 2. The monoisotopic (exact) mass is 145 g/mol. The molecule has 0 aromatic carbocycles. The van der Waals surface area contributed by atoms with Crippen LogP contribution in [0.3, 0.4) is 0 Å². The van der Waals surface area contributed by atoms with Gasteiger partial charge in [-0.1, -0.05) is 0 Å². The van der Waals surface area contributed by atoms with Gasteiger partial charge >= 0.3 is 0 Å². The van der Waals surface area contributed by atoms with Crippen LogP contribution in [0.1, 0.15) is 13.3 Å². The summed E-state index contributed by atoms with van der Waals surface area (Å²) in [7, 11) is 1.84. The Hall–Kier alpha value is -0.120. The molecule has 0 amide bonds. The lowest BCUT2D eigenvalue weighted by atomic mass is 9.92. The minimum absolute atomic E-state index is 0.0845. The van der Waals surface area contributed by atoms with Crippen LogP contribution in [-0.4, -0.2) is 37.0 Å². The maximum Gasteiger partial charge on any atom is 0.0816 e. The first-order valence-electron chi connectivity index (χ1n) is 3.64. The molecule has 3 heteroatoms. The summed E-state index contributed by atoms with van der Waals surface area (Å²) < 4.78 is 5.19. The molecule has 10 heavy (non-hydrogen) atoms. The Morgan fingerprint density at radius 1 is 1.70 bits per heavy atom. The highest BCUT2D eigenvalue weighted by Crippen LogP contribution is 2.19. The van der Waals surface area contributed by atoms with E-state index in [4.69, 9.17) is 4.74 Å². The van der Waals surface area contributed by atoms with Crippen LogP contribution in [0, 0.1) is 0 Å². The maximum atomic E-state index is 9.69. The molecule has 1 heterocycles. The van der Waals surface area contributed by atoms with Crippen LogP contribution in [0.25, 0.3) is 0 Å². The quantitative estimate of drug-likeness (QED) is 0.534. The average molecular weight is 145 g/mol. The van der Waals surface area contributed by atoms with Crippen molar-refractivity contribution in [3.63, 3.8) is 0 Å². The van der Waals surface area contributed by atoms with Crippen molar-refractivity contribution in [2.45, 2.75) is 25.0 Å². The molecule has 3 nitrogen and oxygen atoms in total. The average Bonchev–Trinajstić information content (AvgIpc) is 1.87. The van der Waals surface area contributed by atoms with Crippen molar-refractivity contribution < 1.29 is 9.84 Å². The molecule has 1 saturated heterocycles. The minimum Gasteiger partial charge on any atom is -0.388 e. The van der Waals surface area contributed by atoms with E-state index in [0.29, 0.717) is 13.2 Å². The van der Waals surface area contributed by atoms with E-state index in [0.717, 1.165) is 6.42 Å². The highest BCUT2D eigenvalue weighted by atomic mass is 16.5. The first kappa shape index (κ1) is 7.98. The SMILES string of the molecule is CNC1COCC[C@@]1(C)O. The molecular formula is C7H15NO2. The summed E-state index contributed by atoms with van der Waals surface area (Å²) in [6, 6.07) is 0.0845. The zero-order valence-corrected chi connectivity index (χ0v) is 6.55. The third-order valence-corrected chi connectivity index (χ3v) is 2.14. The molecule has 0 saturated carbocycles. The van der Waals surface area contributed by atoms with Gasteiger partial charge in [0.05, 0.1) is 18.2 Å². The van der Waals surface area contributed by atoms with E-state index in [-0.39, 0.29) is 6.04 Å². The van der Waals surface area contributed by atoms with Crippen molar-refractivity contribution in [3.8, 4) is 0 Å². The van der Waals surface area contributed by atoms with Crippen LogP contribution >= 0.6 is 0 Å². The number of aliphatic hydroxyl groups is 1. The molecule has 1 unspecified atom stereocenters. The minimum atomic E-state index is -0.590. The molecule has 2 atom stereocenters. The smallest absolute Gasteiger partial charge is 0.0816 e. The van der Waals surface area contributed by atoms with Gasteiger partial charge in [0.15, 0.2) is 0 Å². The standard InChI is InChI=1S/C7H15NO2/c1-7(9)3-4-10-5-6(7)8-2/h6,8-9H,3-5H2,1-2H3/t6?,7-/m1/s1. The van der Waals surface area contributed by atoms with Crippen molar-refractivity contribution in [1.82, 2.24) is 5.32 Å². The maximum absolute atomic E-state index is 9.69. The van der Waals surface area contributed by atoms with E-state index in [1.54, 1.807) is 0 Å². The summed E-state index contributed by atoms with van der Waals surface area (Å²) >= 11 is 0. The summed E-state index contributed by atoms with van der Waals surface area (Å²) in [6.45, 7) is 3.13. The zero-order chi connectivity index (χ0) is 7.61. The van der Waals surface area contributed by atoms with Gasteiger partial charge in [0.2, 0.25) is 0 Å². The topological polar surface area (TPSA) is 41.5 Å². The third kappa shape index (κ3) is 1.48. The Morgan fingerprint density at radius 2 is 2.40 bits per heavy atom. The van der Waals surface area contributed by atoms with Crippen LogP contribution in [-0.2, 0) is 4.74 Å². The molecule has 1 rings (SSSR count). The fourth-order valence-electron chi connectivity index (χ4n) is 1.23. The van der Waals surface area contributed by atoms with Crippen LogP contribution < -0.4 is 5.32 Å². The van der Waals surface area contributed by atoms with Gasteiger partial charge in [-0.05, 0) is 14.0 Å². The number of rotatable bonds is 1. The molecule has 0 spiro atoms. The molecule has 1 aliphatic heterocycles. The fraction of sp³-hybridized carbons (Fsp3) is 1.00. The van der Waals surface area contributed by atoms with Crippen molar-refractivity contribution >= 4 is 0 Å². The van der Waals surface area contributed by atoms with Gasteiger partial charge in [-0.3, -0.25) is 0 Å². The zero-order valence-electron chi connectivity index (χ0n) is 6.55. The van der Waals surface area contributed by atoms with Gasteiger partial charge in [0.25, 0.3) is 0 Å². The van der Waals surface area contributed by atoms with E-state index < -0.39 is 5.60 Å². The van der Waals surface area contributed by atoms with Gasteiger partial charge in [-0.15, -0.1) is 0 Å². The molecular weight excluding hydrogens is 130 g/mol. The first-order valence-corrected chi connectivity index (χ1v) is 3.64. The molecule has 0 radical (unpaired) electrons. The summed E-state index contributed by atoms with van der Waals surface area (Å²) in [5.74, 6) is 0. The van der Waals surface area contributed by atoms with Crippen molar-refractivity contribution in [3.05, 3.63) is 0 Å². The molecule has 0 aromatic heterocycles. The number of nitrogens with one attached hydrogen (secondary N) is 1. The first-order chi connectivity index (χ1) is 4.67. The number of hydrogen-bond acceptors (Lipinski definition) is 3. The Morgan fingerprint density at radius 3 is 2.80 bits per heavy atom. The van der Waals surface area contributed by atoms with E-state index in [1.165, 1.54) is 0 Å². The fourth-order valence-corrected chi connectivity index (χ4v) is 1.23. The Kier molecular flexibility index (Phi) is 2.28. The molecule has 1 fully saturated rings. The lowest BCUT2D eigenvalue weighted by molar-refractivity contribution is -0.0771. The van der Waals surface area contributed by atoms with E-state index in [1.807, 2.05) is 14.0 Å². The summed E-state index contributed by atoms with van der Waals surface area (Å²) in [5.41, 5.74) is -0.590. The Bertz CT molecular complexity index is 114. The Balaban J connectivity index is 2.51. The predicted molar refractivity (Wildman–Crippen MR) is 38.9 cm³/mol. The van der Waals surface area contributed by atoms with Gasteiger partial charge in [0.1, 0.15) is 0 Å². The van der Waals surface area contributed by atoms with Crippen LogP contribution in [0.15, 0.2) is 0 Å². The van der Waals surface area contributed by atoms with Gasteiger partial charge < -0.3 is 15.2 Å². The third-order valence-electron chi connectivity index (χ3n) is 2.14. The second-order valence-corrected chi connectivity index (χ2v) is 3.02. The highest BCUT2D eigenvalue weighted by molar-refractivity contribution is 4.89. The summed E-state index contributed by atoms with van der Waals surface area (Å²) in [6.07, 6.45) is 0.721. The molecule has 0 aromatic rings. The van der Waals surface area contributed by atoms with Crippen molar-refractivity contribution in [2.24, 2.45) is 0 Å². The predicted octanol–water partition coefficient (Wildman–Crippen LogP) is -0.254. The van der Waals surface area contributed by atoms with Crippen LogP contribution in [0.5, 0.6) is 0 Å². The molecule has 0 aliphatic carbocycles. The molecule has 1 aliphatic rings. The largest absolute Gasteiger partial charge is 0.388 e. The van der Waals surface area contributed by atoms with E-state index >= 15 is 0 Å². The second kappa shape index (κ2) is 2.86. The number of likely N-dealkylation sites (N-methyl/N-ethyl adjacent to an activating group) is 1. The molecule has 2 N–H and O–H groups in total. The Labute approximate surface area is 61.4 Å². The van der Waals surface area contributed by atoms with Gasteiger partial charge in [0, 0.05) is 13.0 Å². The van der Waals surface area contributed by atoms with Crippen molar-refractivity contribution in [2.75, 3.05) is 20.3 Å². The highest BCUT2D eigenvalue weighted by Gasteiger charge is 2.33.